The minimum atomic E-state index is -1.05. The molecule has 1 atom stereocenters. The summed E-state index contributed by atoms with van der Waals surface area (Å²) in [5.41, 5.74) is 0.807. The van der Waals surface area contributed by atoms with Crippen LogP contribution in [0.3, 0.4) is 0 Å². The molecule has 0 fully saturated rings. The average molecular weight is 315 g/mol. The molecular formula is C16H13NO6. The molecule has 23 heavy (non-hydrogen) atoms. The number of aliphatic carboxylic acids is 1. The van der Waals surface area contributed by atoms with Crippen LogP contribution in [0.1, 0.15) is 17.0 Å². The fraction of sp³-hybridized carbons (Fsp3) is 0.188. The minimum absolute atomic E-state index is 0.0200. The molecule has 0 saturated heterocycles. The van der Waals surface area contributed by atoms with Crippen molar-refractivity contribution in [2.24, 2.45) is 0 Å². The van der Waals surface area contributed by atoms with Crippen molar-refractivity contribution in [3.8, 4) is 11.5 Å². The molecule has 0 radical (unpaired) electrons. The summed E-state index contributed by atoms with van der Waals surface area (Å²) in [5.74, 6) is -0.924. The minimum Gasteiger partial charge on any atom is -0.481 e. The van der Waals surface area contributed by atoms with Gasteiger partial charge >= 0.3 is 5.97 Å². The Morgan fingerprint density at radius 3 is 2.70 bits per heavy atom. The summed E-state index contributed by atoms with van der Waals surface area (Å²) in [6.07, 6.45) is 0.0200. The number of hydrogen-bond donors (Lipinski definition) is 1. The lowest BCUT2D eigenvalue weighted by Crippen LogP contribution is -2.15. The number of nitro benzene ring substituents is 1. The van der Waals surface area contributed by atoms with E-state index in [0.717, 1.165) is 0 Å². The number of benzene rings is 2. The molecule has 0 spiro atoms. The molecule has 3 rings (SSSR count). The average Bonchev–Trinajstić information content (AvgIpc) is 3.00. The summed E-state index contributed by atoms with van der Waals surface area (Å²) >= 11 is 0. The molecule has 118 valence electrons. The third-order valence-electron chi connectivity index (χ3n) is 3.71. The lowest BCUT2D eigenvalue weighted by atomic mass is 9.91. The van der Waals surface area contributed by atoms with E-state index in [-0.39, 0.29) is 18.9 Å². The number of rotatable bonds is 5. The van der Waals surface area contributed by atoms with Crippen LogP contribution in [0.15, 0.2) is 42.5 Å². The topological polar surface area (TPSA) is 98.9 Å². The SMILES string of the molecule is O=C(O)C(Cc1ccccc1[N+](=O)[O-])c1ccc2c(c1)OCO2. The van der Waals surface area contributed by atoms with Crippen molar-refractivity contribution in [1.82, 2.24) is 0 Å². The maximum atomic E-state index is 11.6. The zero-order chi connectivity index (χ0) is 16.4. The Labute approximate surface area is 131 Å². The molecule has 0 aliphatic carbocycles. The Hall–Kier alpha value is -3.09. The maximum absolute atomic E-state index is 11.6. The second kappa shape index (κ2) is 5.96. The fourth-order valence-electron chi connectivity index (χ4n) is 2.56. The number of hydrogen-bond acceptors (Lipinski definition) is 5. The van der Waals surface area contributed by atoms with E-state index in [1.165, 1.54) is 6.07 Å². The number of fused-ring (bicyclic) bond motifs is 1. The van der Waals surface area contributed by atoms with Crippen LogP contribution in [0.5, 0.6) is 11.5 Å². The van der Waals surface area contributed by atoms with Gasteiger partial charge in [-0.05, 0) is 24.1 Å². The molecule has 1 heterocycles. The summed E-state index contributed by atoms with van der Waals surface area (Å²) in [7, 11) is 0. The standard InChI is InChI=1S/C16H13NO6/c18-16(19)12(7-11-3-1-2-4-13(11)17(20)21)10-5-6-14-15(8-10)23-9-22-14/h1-6,8,12H,7,9H2,(H,18,19). The molecule has 2 aromatic rings. The van der Waals surface area contributed by atoms with Gasteiger partial charge in [-0.2, -0.15) is 0 Å². The van der Waals surface area contributed by atoms with Gasteiger partial charge in [0.05, 0.1) is 10.8 Å². The molecule has 0 aromatic heterocycles. The van der Waals surface area contributed by atoms with Crippen molar-refractivity contribution >= 4 is 11.7 Å². The molecule has 7 heteroatoms. The van der Waals surface area contributed by atoms with Crippen LogP contribution in [0.4, 0.5) is 5.69 Å². The Bertz CT molecular complexity index is 773. The maximum Gasteiger partial charge on any atom is 0.311 e. The first-order valence-electron chi connectivity index (χ1n) is 6.91. The van der Waals surface area contributed by atoms with Gasteiger partial charge < -0.3 is 14.6 Å². The van der Waals surface area contributed by atoms with Crippen LogP contribution in [-0.2, 0) is 11.2 Å². The number of carbonyl (C=O) groups is 1. The Balaban J connectivity index is 1.94. The summed E-state index contributed by atoms with van der Waals surface area (Å²) < 4.78 is 10.5. The third-order valence-corrected chi connectivity index (χ3v) is 3.71. The van der Waals surface area contributed by atoms with Gasteiger partial charge in [-0.15, -0.1) is 0 Å². The van der Waals surface area contributed by atoms with E-state index >= 15 is 0 Å². The Morgan fingerprint density at radius 2 is 1.96 bits per heavy atom. The van der Waals surface area contributed by atoms with Gasteiger partial charge in [0.2, 0.25) is 6.79 Å². The molecule has 7 nitrogen and oxygen atoms in total. The van der Waals surface area contributed by atoms with Crippen molar-refractivity contribution in [1.29, 1.82) is 0 Å². The molecule has 1 N–H and O–H groups in total. The first kappa shape index (κ1) is 14.8. The Kier molecular flexibility index (Phi) is 3.84. The van der Waals surface area contributed by atoms with Crippen LogP contribution in [-0.4, -0.2) is 22.8 Å². The number of nitro groups is 1. The highest BCUT2D eigenvalue weighted by atomic mass is 16.7. The normalized spacial score (nSPS) is 13.6. The van der Waals surface area contributed by atoms with E-state index < -0.39 is 16.8 Å². The molecule has 0 bridgehead atoms. The van der Waals surface area contributed by atoms with E-state index in [1.54, 1.807) is 36.4 Å². The zero-order valence-electron chi connectivity index (χ0n) is 12.0. The molecule has 0 amide bonds. The van der Waals surface area contributed by atoms with Crippen molar-refractivity contribution in [2.75, 3.05) is 6.79 Å². The van der Waals surface area contributed by atoms with E-state index in [0.29, 0.717) is 22.6 Å². The first-order chi connectivity index (χ1) is 11.1. The van der Waals surface area contributed by atoms with Crippen LogP contribution >= 0.6 is 0 Å². The molecule has 1 aliphatic heterocycles. The molecule has 1 unspecified atom stereocenters. The third kappa shape index (κ3) is 2.94. The summed E-state index contributed by atoms with van der Waals surface area (Å²) in [6, 6.07) is 11.0. The van der Waals surface area contributed by atoms with Crippen molar-refractivity contribution in [2.45, 2.75) is 12.3 Å². The van der Waals surface area contributed by atoms with Gasteiger partial charge in [0.15, 0.2) is 11.5 Å². The first-order valence-corrected chi connectivity index (χ1v) is 6.91. The smallest absolute Gasteiger partial charge is 0.311 e. The van der Waals surface area contributed by atoms with Crippen LogP contribution in [0, 0.1) is 10.1 Å². The highest BCUT2D eigenvalue weighted by molar-refractivity contribution is 5.77. The summed E-state index contributed by atoms with van der Waals surface area (Å²) in [4.78, 5) is 22.2. The van der Waals surface area contributed by atoms with Crippen molar-refractivity contribution < 1.29 is 24.3 Å². The summed E-state index contributed by atoms with van der Waals surface area (Å²) in [5, 5.41) is 20.6. The van der Waals surface area contributed by atoms with Gasteiger partial charge in [0, 0.05) is 11.6 Å². The highest BCUT2D eigenvalue weighted by Crippen LogP contribution is 2.36. The highest BCUT2D eigenvalue weighted by Gasteiger charge is 2.26. The van der Waals surface area contributed by atoms with Gasteiger partial charge in [-0.3, -0.25) is 14.9 Å². The zero-order valence-corrected chi connectivity index (χ0v) is 12.0. The number of ether oxygens (including phenoxy) is 2. The molecule has 2 aromatic carbocycles. The summed E-state index contributed by atoms with van der Waals surface area (Å²) in [6.45, 7) is 0.0979. The van der Waals surface area contributed by atoms with E-state index in [2.05, 4.69) is 0 Å². The second-order valence-corrected chi connectivity index (χ2v) is 5.09. The molecule has 1 aliphatic rings. The van der Waals surface area contributed by atoms with Gasteiger partial charge in [-0.1, -0.05) is 24.3 Å². The lowest BCUT2D eigenvalue weighted by Gasteiger charge is -2.13. The van der Waals surface area contributed by atoms with Crippen LogP contribution in [0.2, 0.25) is 0 Å². The monoisotopic (exact) mass is 315 g/mol. The second-order valence-electron chi connectivity index (χ2n) is 5.09. The lowest BCUT2D eigenvalue weighted by molar-refractivity contribution is -0.385. The van der Waals surface area contributed by atoms with Gasteiger partial charge in [0.1, 0.15) is 0 Å². The number of carboxylic acids is 1. The fourth-order valence-corrected chi connectivity index (χ4v) is 2.56. The predicted molar refractivity (Wildman–Crippen MR) is 79.7 cm³/mol. The van der Waals surface area contributed by atoms with Gasteiger partial charge in [0.25, 0.3) is 5.69 Å². The van der Waals surface area contributed by atoms with Crippen LogP contribution in [0.25, 0.3) is 0 Å². The van der Waals surface area contributed by atoms with Crippen molar-refractivity contribution in [3.05, 3.63) is 63.7 Å². The Morgan fingerprint density at radius 1 is 1.22 bits per heavy atom. The van der Waals surface area contributed by atoms with E-state index in [1.807, 2.05) is 0 Å². The predicted octanol–water partition coefficient (Wildman–Crippen LogP) is 2.73. The molecule has 0 saturated carbocycles. The van der Waals surface area contributed by atoms with E-state index in [9.17, 15) is 20.0 Å². The number of nitrogens with zero attached hydrogens (tertiary/aromatic N) is 1. The number of carboxylic acid groups (broad SMARTS) is 1. The number of para-hydroxylation sites is 1. The molecular weight excluding hydrogens is 302 g/mol. The van der Waals surface area contributed by atoms with Crippen LogP contribution < -0.4 is 9.47 Å². The van der Waals surface area contributed by atoms with Crippen molar-refractivity contribution in [3.63, 3.8) is 0 Å². The van der Waals surface area contributed by atoms with Gasteiger partial charge in [-0.25, -0.2) is 0 Å². The quantitative estimate of drug-likeness (QED) is 0.673. The largest absolute Gasteiger partial charge is 0.481 e. The van der Waals surface area contributed by atoms with E-state index in [4.69, 9.17) is 9.47 Å².